The maximum absolute atomic E-state index is 12.8. The molecule has 20 heavy (non-hydrogen) atoms. The van der Waals surface area contributed by atoms with Crippen molar-refractivity contribution in [3.05, 3.63) is 0 Å². The third-order valence-corrected chi connectivity index (χ3v) is 6.43. The van der Waals surface area contributed by atoms with Gasteiger partial charge < -0.3 is 11.1 Å². The van der Waals surface area contributed by atoms with Crippen LogP contribution < -0.4 is 11.1 Å². The van der Waals surface area contributed by atoms with Gasteiger partial charge in [0.2, 0.25) is 5.91 Å². The van der Waals surface area contributed by atoms with Crippen LogP contribution in [0.3, 0.4) is 0 Å². The first-order chi connectivity index (χ1) is 9.31. The summed E-state index contributed by atoms with van der Waals surface area (Å²) in [6, 6.07) is 0. The van der Waals surface area contributed by atoms with Gasteiger partial charge in [-0.05, 0) is 56.3 Å². The molecule has 0 aromatic rings. The fraction of sp³-hybridized carbons (Fsp3) is 0.875. The second-order valence-corrected chi connectivity index (χ2v) is 8.57. The van der Waals surface area contributed by atoms with Crippen molar-refractivity contribution < 1.29 is 4.79 Å². The van der Waals surface area contributed by atoms with E-state index >= 15 is 0 Å². The van der Waals surface area contributed by atoms with Crippen molar-refractivity contribution in [1.29, 1.82) is 0 Å². The maximum Gasteiger partial charge on any atom is 0.226 e. The monoisotopic (exact) mass is 294 g/mol. The Kier molecular flexibility index (Phi) is 3.35. The molecule has 4 saturated carbocycles. The van der Waals surface area contributed by atoms with Gasteiger partial charge in [-0.1, -0.05) is 26.1 Å². The van der Waals surface area contributed by atoms with E-state index in [0.717, 1.165) is 37.0 Å². The number of hydrogen-bond donors (Lipinski definition) is 2. The molecule has 1 amide bonds. The van der Waals surface area contributed by atoms with Crippen LogP contribution in [0.25, 0.3) is 0 Å². The molecule has 112 valence electrons. The van der Waals surface area contributed by atoms with Crippen LogP contribution in [0.1, 0.15) is 52.4 Å². The first kappa shape index (κ1) is 14.3. The van der Waals surface area contributed by atoms with Crippen LogP contribution in [0.15, 0.2) is 0 Å². The first-order valence-corrected chi connectivity index (χ1v) is 8.30. The Labute approximate surface area is 127 Å². The van der Waals surface area contributed by atoms with Gasteiger partial charge in [0, 0.05) is 17.4 Å². The van der Waals surface area contributed by atoms with Crippen LogP contribution in [0.2, 0.25) is 0 Å². The molecule has 0 spiro atoms. The number of rotatable bonds is 4. The van der Waals surface area contributed by atoms with E-state index in [1.807, 2.05) is 13.8 Å². The van der Waals surface area contributed by atoms with Crippen LogP contribution in [-0.2, 0) is 4.79 Å². The van der Waals surface area contributed by atoms with E-state index in [9.17, 15) is 4.79 Å². The molecule has 4 rings (SSSR count). The Balaban J connectivity index is 1.67. The molecule has 0 unspecified atom stereocenters. The molecule has 0 saturated heterocycles. The van der Waals surface area contributed by atoms with E-state index in [0.29, 0.717) is 11.5 Å². The number of nitrogens with one attached hydrogen (secondary N) is 1. The highest BCUT2D eigenvalue weighted by atomic mass is 32.1. The predicted molar refractivity (Wildman–Crippen MR) is 84.2 cm³/mol. The standard InChI is InChI=1S/C16H26N2OS/c1-15(2,13(17)20)9-18-14(19)16-6-10-3-11(7-16)5-12(4-10)8-16/h10-12H,3-9H2,1-2H3,(H2,17,20)(H,18,19). The van der Waals surface area contributed by atoms with Gasteiger partial charge in [-0.25, -0.2) is 0 Å². The van der Waals surface area contributed by atoms with Crippen molar-refractivity contribution in [3.63, 3.8) is 0 Å². The minimum atomic E-state index is -0.298. The van der Waals surface area contributed by atoms with E-state index in [1.165, 1.54) is 19.3 Å². The van der Waals surface area contributed by atoms with Crippen LogP contribution >= 0.6 is 12.2 Å². The van der Waals surface area contributed by atoms with E-state index in [1.54, 1.807) is 0 Å². The number of thiocarbonyl (C=S) groups is 1. The van der Waals surface area contributed by atoms with Gasteiger partial charge in [0.05, 0.1) is 4.99 Å². The van der Waals surface area contributed by atoms with Crippen molar-refractivity contribution in [2.45, 2.75) is 52.4 Å². The van der Waals surface area contributed by atoms with Gasteiger partial charge in [0.25, 0.3) is 0 Å². The molecule has 4 aliphatic rings. The van der Waals surface area contributed by atoms with Crippen molar-refractivity contribution in [2.24, 2.45) is 34.3 Å². The van der Waals surface area contributed by atoms with Crippen LogP contribution in [0.5, 0.6) is 0 Å². The zero-order valence-corrected chi connectivity index (χ0v) is 13.4. The lowest BCUT2D eigenvalue weighted by molar-refractivity contribution is -0.146. The Morgan fingerprint density at radius 3 is 2.05 bits per heavy atom. The SMILES string of the molecule is CC(C)(CNC(=O)C12CC3CC(CC(C3)C1)C2)C(N)=S. The summed E-state index contributed by atoms with van der Waals surface area (Å²) in [6.45, 7) is 4.55. The molecule has 0 heterocycles. The van der Waals surface area contributed by atoms with Gasteiger partial charge in [-0.2, -0.15) is 0 Å². The summed E-state index contributed by atoms with van der Waals surface area (Å²) in [7, 11) is 0. The molecule has 4 aliphatic carbocycles. The molecule has 0 radical (unpaired) electrons. The highest BCUT2D eigenvalue weighted by Gasteiger charge is 2.54. The third kappa shape index (κ3) is 2.36. The first-order valence-electron chi connectivity index (χ1n) is 7.89. The Morgan fingerprint density at radius 1 is 1.20 bits per heavy atom. The van der Waals surface area contributed by atoms with Crippen LogP contribution in [-0.4, -0.2) is 17.4 Å². The van der Waals surface area contributed by atoms with Crippen molar-refractivity contribution in [2.75, 3.05) is 6.54 Å². The minimum absolute atomic E-state index is 0.0684. The van der Waals surface area contributed by atoms with E-state index < -0.39 is 0 Å². The second-order valence-electron chi connectivity index (χ2n) is 8.13. The van der Waals surface area contributed by atoms with Gasteiger partial charge >= 0.3 is 0 Å². The molecule has 0 aliphatic heterocycles. The summed E-state index contributed by atoms with van der Waals surface area (Å²) < 4.78 is 0. The van der Waals surface area contributed by atoms with Gasteiger partial charge in [-0.3, -0.25) is 4.79 Å². The zero-order valence-electron chi connectivity index (χ0n) is 12.6. The summed E-state index contributed by atoms with van der Waals surface area (Å²) in [5.74, 6) is 2.67. The lowest BCUT2D eigenvalue weighted by Gasteiger charge is -2.55. The van der Waals surface area contributed by atoms with E-state index in [2.05, 4.69) is 5.32 Å². The smallest absolute Gasteiger partial charge is 0.226 e. The fourth-order valence-corrected chi connectivity index (χ4v) is 5.04. The molecule has 4 fully saturated rings. The molecule has 0 aromatic heterocycles. The predicted octanol–water partition coefficient (Wildman–Crippen LogP) is 2.63. The minimum Gasteiger partial charge on any atom is -0.393 e. The quantitative estimate of drug-likeness (QED) is 0.784. The molecule has 3 nitrogen and oxygen atoms in total. The number of carbonyl (C=O) groups excluding carboxylic acids is 1. The third-order valence-electron chi connectivity index (χ3n) is 5.88. The second kappa shape index (κ2) is 4.69. The van der Waals surface area contributed by atoms with Crippen molar-refractivity contribution in [3.8, 4) is 0 Å². The Morgan fingerprint density at radius 2 is 1.65 bits per heavy atom. The molecule has 0 atom stereocenters. The average molecular weight is 294 g/mol. The molecule has 3 N–H and O–H groups in total. The topological polar surface area (TPSA) is 55.1 Å². The van der Waals surface area contributed by atoms with Crippen LogP contribution in [0.4, 0.5) is 0 Å². The van der Waals surface area contributed by atoms with Gasteiger partial charge in [0.15, 0.2) is 0 Å². The van der Waals surface area contributed by atoms with Gasteiger partial charge in [0.1, 0.15) is 0 Å². The normalized spacial score (nSPS) is 38.8. The Hall–Kier alpha value is -0.640. The summed E-state index contributed by atoms with van der Waals surface area (Å²) in [5, 5.41) is 3.15. The number of nitrogens with two attached hydrogens (primary N) is 1. The largest absolute Gasteiger partial charge is 0.393 e. The Bertz CT molecular complexity index is 408. The van der Waals surface area contributed by atoms with E-state index in [4.69, 9.17) is 18.0 Å². The summed E-state index contributed by atoms with van der Waals surface area (Å²) in [4.78, 5) is 13.2. The molecule has 4 bridgehead atoms. The molecule has 0 aromatic carbocycles. The summed E-state index contributed by atoms with van der Waals surface area (Å²) >= 11 is 5.08. The highest BCUT2D eigenvalue weighted by Crippen LogP contribution is 2.60. The lowest BCUT2D eigenvalue weighted by Crippen LogP contribution is -2.55. The average Bonchev–Trinajstić information content (AvgIpc) is 2.34. The fourth-order valence-electron chi connectivity index (χ4n) is 4.96. The maximum atomic E-state index is 12.8. The van der Waals surface area contributed by atoms with Crippen molar-refractivity contribution in [1.82, 2.24) is 5.32 Å². The zero-order chi connectivity index (χ0) is 14.5. The van der Waals surface area contributed by atoms with Crippen molar-refractivity contribution >= 4 is 23.1 Å². The highest BCUT2D eigenvalue weighted by molar-refractivity contribution is 7.80. The number of amides is 1. The van der Waals surface area contributed by atoms with Gasteiger partial charge in [-0.15, -0.1) is 0 Å². The number of carbonyl (C=O) groups is 1. The van der Waals surface area contributed by atoms with E-state index in [-0.39, 0.29) is 16.7 Å². The molecule has 4 heteroatoms. The molecular formula is C16H26N2OS. The lowest BCUT2D eigenvalue weighted by atomic mass is 9.49. The van der Waals surface area contributed by atoms with Crippen LogP contribution in [0, 0.1) is 28.6 Å². The molecular weight excluding hydrogens is 268 g/mol. The number of hydrogen-bond acceptors (Lipinski definition) is 2. The summed E-state index contributed by atoms with van der Waals surface area (Å²) in [6.07, 6.45) is 7.43. The summed E-state index contributed by atoms with van der Waals surface area (Å²) in [5.41, 5.74) is 5.38.